The van der Waals surface area contributed by atoms with Crippen LogP contribution in [0.25, 0.3) is 10.4 Å². The molecule has 0 amide bonds. The van der Waals surface area contributed by atoms with Gasteiger partial charge in [-0.05, 0) is 54.1 Å². The van der Waals surface area contributed by atoms with Crippen molar-refractivity contribution in [2.24, 2.45) is 5.11 Å². The van der Waals surface area contributed by atoms with Crippen LogP contribution in [0, 0.1) is 0 Å². The van der Waals surface area contributed by atoms with Gasteiger partial charge in [-0.3, -0.25) is 4.79 Å². The van der Waals surface area contributed by atoms with E-state index >= 15 is 0 Å². The predicted molar refractivity (Wildman–Crippen MR) is 99.9 cm³/mol. The number of nitrogens with one attached hydrogen (secondary N) is 1. The minimum Gasteiger partial charge on any atom is -0.355 e. The Morgan fingerprint density at radius 2 is 1.72 bits per heavy atom. The summed E-state index contributed by atoms with van der Waals surface area (Å²) < 4.78 is 0. The number of benzene rings is 3. The molecule has 3 aromatic rings. The first-order chi connectivity index (χ1) is 12.2. The first-order valence-electron chi connectivity index (χ1n) is 7.49. The van der Waals surface area contributed by atoms with E-state index in [2.05, 4.69) is 15.3 Å². The topological polar surface area (TPSA) is 77.9 Å². The molecule has 25 heavy (non-hydrogen) atoms. The predicted octanol–water partition coefficient (Wildman–Crippen LogP) is 6.26. The van der Waals surface area contributed by atoms with E-state index in [0.29, 0.717) is 27.5 Å². The van der Waals surface area contributed by atoms with E-state index in [1.54, 1.807) is 42.5 Å². The molecule has 0 fully saturated rings. The van der Waals surface area contributed by atoms with Crippen molar-refractivity contribution in [1.29, 1.82) is 0 Å². The summed E-state index contributed by atoms with van der Waals surface area (Å²) in [7, 11) is 0. The Hall–Kier alpha value is -3.27. The number of carbonyl (C=O) groups excluding carboxylic acids is 1. The number of hydrogen-bond donors (Lipinski definition) is 1. The molecule has 122 valence electrons. The first-order valence-corrected chi connectivity index (χ1v) is 7.86. The van der Waals surface area contributed by atoms with Gasteiger partial charge < -0.3 is 5.32 Å². The number of anilines is 2. The zero-order chi connectivity index (χ0) is 17.6. The lowest BCUT2D eigenvalue weighted by atomic mass is 10.0. The van der Waals surface area contributed by atoms with E-state index in [4.69, 9.17) is 17.1 Å². The summed E-state index contributed by atoms with van der Waals surface area (Å²) in [6, 6.07) is 21.1. The molecule has 0 atom stereocenters. The summed E-state index contributed by atoms with van der Waals surface area (Å²) in [4.78, 5) is 15.7. The van der Waals surface area contributed by atoms with Gasteiger partial charge in [0.05, 0.1) is 0 Å². The van der Waals surface area contributed by atoms with Gasteiger partial charge >= 0.3 is 0 Å². The molecule has 6 heteroatoms. The molecule has 1 N–H and O–H groups in total. The van der Waals surface area contributed by atoms with E-state index in [1.807, 2.05) is 30.3 Å². The highest BCUT2D eigenvalue weighted by Gasteiger charge is 2.15. The van der Waals surface area contributed by atoms with E-state index in [9.17, 15) is 4.79 Å². The molecule has 0 aliphatic carbocycles. The van der Waals surface area contributed by atoms with Crippen molar-refractivity contribution < 1.29 is 4.79 Å². The Kier molecular flexibility index (Phi) is 5.00. The molecule has 3 rings (SSSR count). The average Bonchev–Trinajstić information content (AvgIpc) is 2.64. The van der Waals surface area contributed by atoms with Crippen LogP contribution in [0.5, 0.6) is 0 Å². The van der Waals surface area contributed by atoms with Crippen LogP contribution < -0.4 is 5.32 Å². The number of rotatable bonds is 5. The minimum atomic E-state index is -0.190. The van der Waals surface area contributed by atoms with Crippen LogP contribution in [-0.2, 0) is 0 Å². The number of nitrogens with zero attached hydrogens (tertiary/aromatic N) is 3. The Morgan fingerprint density at radius 3 is 2.40 bits per heavy atom. The largest absolute Gasteiger partial charge is 0.355 e. The zero-order valence-corrected chi connectivity index (χ0v) is 13.8. The Morgan fingerprint density at radius 1 is 1.00 bits per heavy atom. The molecule has 0 spiro atoms. The summed E-state index contributed by atoms with van der Waals surface area (Å²) in [6.45, 7) is 0. The molecule has 0 radical (unpaired) electrons. The fourth-order valence-corrected chi connectivity index (χ4v) is 2.50. The van der Waals surface area contributed by atoms with Gasteiger partial charge in [0.15, 0.2) is 5.78 Å². The average molecular weight is 349 g/mol. The molecule has 0 aliphatic heterocycles. The van der Waals surface area contributed by atoms with Crippen LogP contribution in [0.15, 0.2) is 77.9 Å². The second-order valence-corrected chi connectivity index (χ2v) is 5.68. The summed E-state index contributed by atoms with van der Waals surface area (Å²) in [5.41, 5.74) is 11.4. The van der Waals surface area contributed by atoms with Gasteiger partial charge in [0.2, 0.25) is 0 Å². The van der Waals surface area contributed by atoms with E-state index < -0.39 is 0 Å². The highest BCUT2D eigenvalue weighted by atomic mass is 35.5. The third kappa shape index (κ3) is 3.98. The normalized spacial score (nSPS) is 9.96. The molecular formula is C19H13ClN4O. The van der Waals surface area contributed by atoms with Gasteiger partial charge in [-0.25, -0.2) is 0 Å². The van der Waals surface area contributed by atoms with Crippen molar-refractivity contribution in [1.82, 2.24) is 0 Å². The van der Waals surface area contributed by atoms with Crippen molar-refractivity contribution in [3.05, 3.63) is 99.4 Å². The maximum Gasteiger partial charge on any atom is 0.195 e. The maximum absolute atomic E-state index is 12.9. The Labute approximate surface area is 149 Å². The van der Waals surface area contributed by atoms with Crippen molar-refractivity contribution in [2.75, 3.05) is 5.32 Å². The van der Waals surface area contributed by atoms with Crippen LogP contribution in [0.2, 0.25) is 5.02 Å². The number of para-hydroxylation sites is 1. The van der Waals surface area contributed by atoms with Gasteiger partial charge in [0.1, 0.15) is 0 Å². The molecule has 0 aliphatic rings. The standard InChI is InChI=1S/C19H13ClN4O/c20-14-8-6-13(7-9-14)19(25)17-12-16(23-24-21)10-11-18(17)22-15-4-2-1-3-5-15/h1-12,22H. The van der Waals surface area contributed by atoms with Crippen LogP contribution in [0.3, 0.4) is 0 Å². The highest BCUT2D eigenvalue weighted by Crippen LogP contribution is 2.28. The summed E-state index contributed by atoms with van der Waals surface area (Å²) >= 11 is 5.89. The molecule has 3 aromatic carbocycles. The Bertz CT molecular complexity index is 949. The molecule has 0 aromatic heterocycles. The molecule has 0 unspecified atom stereocenters. The molecule has 0 bridgehead atoms. The third-order valence-electron chi connectivity index (χ3n) is 3.57. The highest BCUT2D eigenvalue weighted by molar-refractivity contribution is 6.30. The number of ketones is 1. The van der Waals surface area contributed by atoms with Crippen molar-refractivity contribution in [3.63, 3.8) is 0 Å². The van der Waals surface area contributed by atoms with Gasteiger partial charge in [-0.1, -0.05) is 41.0 Å². The Balaban J connectivity index is 2.04. The van der Waals surface area contributed by atoms with Gasteiger partial charge in [0, 0.05) is 38.1 Å². The molecule has 0 saturated heterocycles. The van der Waals surface area contributed by atoms with Crippen molar-refractivity contribution >= 4 is 34.4 Å². The van der Waals surface area contributed by atoms with Crippen molar-refractivity contribution in [3.8, 4) is 0 Å². The van der Waals surface area contributed by atoms with E-state index in [1.165, 1.54) is 0 Å². The fraction of sp³-hybridized carbons (Fsp3) is 0. The summed E-state index contributed by atoms with van der Waals surface area (Å²) in [6.07, 6.45) is 0. The monoisotopic (exact) mass is 348 g/mol. The smallest absolute Gasteiger partial charge is 0.195 e. The third-order valence-corrected chi connectivity index (χ3v) is 3.82. The van der Waals surface area contributed by atoms with Crippen LogP contribution in [-0.4, -0.2) is 5.78 Å². The number of halogens is 1. The maximum atomic E-state index is 12.9. The molecule has 0 heterocycles. The van der Waals surface area contributed by atoms with Gasteiger partial charge in [0.25, 0.3) is 0 Å². The minimum absolute atomic E-state index is 0.190. The summed E-state index contributed by atoms with van der Waals surface area (Å²) in [5.74, 6) is -0.190. The molecular weight excluding hydrogens is 336 g/mol. The summed E-state index contributed by atoms with van der Waals surface area (Å²) in [5, 5.41) is 7.36. The second-order valence-electron chi connectivity index (χ2n) is 5.25. The SMILES string of the molecule is [N-]=[N+]=Nc1ccc(Nc2ccccc2)c(C(=O)c2ccc(Cl)cc2)c1. The van der Waals surface area contributed by atoms with Crippen LogP contribution in [0.1, 0.15) is 15.9 Å². The first kappa shape index (κ1) is 16.6. The van der Waals surface area contributed by atoms with E-state index in [-0.39, 0.29) is 5.78 Å². The molecule has 5 nitrogen and oxygen atoms in total. The number of azide groups is 1. The molecule has 0 saturated carbocycles. The van der Waals surface area contributed by atoms with Crippen LogP contribution >= 0.6 is 11.6 Å². The number of hydrogen-bond acceptors (Lipinski definition) is 3. The lowest BCUT2D eigenvalue weighted by molar-refractivity contribution is 0.103. The lowest BCUT2D eigenvalue weighted by Crippen LogP contribution is -2.05. The lowest BCUT2D eigenvalue weighted by Gasteiger charge is -2.12. The van der Waals surface area contributed by atoms with Gasteiger partial charge in [-0.15, -0.1) is 0 Å². The fourth-order valence-electron chi connectivity index (χ4n) is 2.38. The van der Waals surface area contributed by atoms with Gasteiger partial charge in [-0.2, -0.15) is 0 Å². The van der Waals surface area contributed by atoms with Crippen LogP contribution in [0.4, 0.5) is 17.1 Å². The number of carbonyl (C=O) groups is 1. The second kappa shape index (κ2) is 7.53. The quantitative estimate of drug-likeness (QED) is 0.256. The van der Waals surface area contributed by atoms with E-state index in [0.717, 1.165) is 5.69 Å². The van der Waals surface area contributed by atoms with Crippen molar-refractivity contribution in [2.45, 2.75) is 0 Å². The zero-order valence-electron chi connectivity index (χ0n) is 13.1.